The molecule has 0 bridgehead atoms. The molecule has 5 nitrogen and oxygen atoms in total. The van der Waals surface area contributed by atoms with Crippen LogP contribution in [-0.4, -0.2) is 19.7 Å². The summed E-state index contributed by atoms with van der Waals surface area (Å²) in [5, 5.41) is 16.3. The Bertz CT molecular complexity index is 1120. The van der Waals surface area contributed by atoms with Gasteiger partial charge in [-0.3, -0.25) is 14.6 Å². The standard InChI is InChI=1S/C18H12ClN5/c1-11-18-14(6-20)7-21-9-17(18)24(23-11)10-12-2-3-16-13(4-12)5-15(19)8-22-16/h2-5,7-9H,10H2,1H3. The molecule has 1 aromatic carbocycles. The summed E-state index contributed by atoms with van der Waals surface area (Å²) in [6, 6.07) is 10.1. The molecule has 0 spiro atoms. The maximum Gasteiger partial charge on any atom is 0.102 e. The van der Waals surface area contributed by atoms with E-state index in [-0.39, 0.29) is 0 Å². The molecule has 0 saturated heterocycles. The lowest BCUT2D eigenvalue weighted by Gasteiger charge is -2.06. The first-order chi connectivity index (χ1) is 11.7. The van der Waals surface area contributed by atoms with Crippen LogP contribution in [0.3, 0.4) is 0 Å². The molecule has 4 rings (SSSR count). The largest absolute Gasteiger partial charge is 0.261 e. The first kappa shape index (κ1) is 14.6. The van der Waals surface area contributed by atoms with E-state index in [1.54, 1.807) is 18.6 Å². The number of aromatic nitrogens is 4. The highest BCUT2D eigenvalue weighted by atomic mass is 35.5. The summed E-state index contributed by atoms with van der Waals surface area (Å²) < 4.78 is 1.87. The Hall–Kier alpha value is -2.97. The molecule has 0 aliphatic rings. The van der Waals surface area contributed by atoms with Crippen LogP contribution in [0.2, 0.25) is 5.02 Å². The fraction of sp³-hybridized carbons (Fsp3) is 0.111. The Morgan fingerprint density at radius 2 is 2.08 bits per heavy atom. The Balaban J connectivity index is 1.81. The van der Waals surface area contributed by atoms with E-state index in [4.69, 9.17) is 11.6 Å². The molecule has 3 heterocycles. The second kappa shape index (κ2) is 5.59. The van der Waals surface area contributed by atoms with E-state index < -0.39 is 0 Å². The van der Waals surface area contributed by atoms with Gasteiger partial charge in [-0.1, -0.05) is 17.7 Å². The number of aryl methyl sites for hydroxylation is 1. The summed E-state index contributed by atoms with van der Waals surface area (Å²) in [6.07, 6.45) is 4.96. The first-order valence-electron chi connectivity index (χ1n) is 7.41. The Morgan fingerprint density at radius 1 is 1.21 bits per heavy atom. The molecule has 4 aromatic rings. The van der Waals surface area contributed by atoms with Gasteiger partial charge in [0, 0.05) is 23.2 Å². The molecule has 6 heteroatoms. The molecule has 0 aliphatic heterocycles. The molecule has 0 N–H and O–H groups in total. The van der Waals surface area contributed by atoms with Crippen LogP contribution < -0.4 is 0 Å². The van der Waals surface area contributed by atoms with Crippen molar-refractivity contribution in [2.75, 3.05) is 0 Å². The quantitative estimate of drug-likeness (QED) is 0.558. The summed E-state index contributed by atoms with van der Waals surface area (Å²) in [5.41, 5.74) is 4.22. The third-order valence-corrected chi connectivity index (χ3v) is 4.21. The van der Waals surface area contributed by atoms with Gasteiger partial charge in [-0.25, -0.2) is 0 Å². The molecule has 0 fully saturated rings. The van der Waals surface area contributed by atoms with E-state index in [2.05, 4.69) is 27.2 Å². The van der Waals surface area contributed by atoms with Gasteiger partial charge in [-0.05, 0) is 30.7 Å². The number of fused-ring (bicyclic) bond motifs is 2. The van der Waals surface area contributed by atoms with Crippen LogP contribution in [0.25, 0.3) is 21.8 Å². The number of nitrogens with zero attached hydrogens (tertiary/aromatic N) is 5. The third-order valence-electron chi connectivity index (χ3n) is 4.00. The van der Waals surface area contributed by atoms with E-state index in [0.717, 1.165) is 33.1 Å². The lowest BCUT2D eigenvalue weighted by molar-refractivity contribution is 0.703. The third kappa shape index (κ3) is 2.38. The Labute approximate surface area is 143 Å². The number of halogens is 1. The van der Waals surface area contributed by atoms with Crippen molar-refractivity contribution in [3.63, 3.8) is 0 Å². The summed E-state index contributed by atoms with van der Waals surface area (Å²) in [5.74, 6) is 0. The van der Waals surface area contributed by atoms with Gasteiger partial charge in [0.25, 0.3) is 0 Å². The zero-order valence-corrected chi connectivity index (χ0v) is 13.6. The van der Waals surface area contributed by atoms with Gasteiger partial charge in [0.05, 0.1) is 40.1 Å². The monoisotopic (exact) mass is 333 g/mol. The molecule has 3 aromatic heterocycles. The normalized spacial score (nSPS) is 11.0. The average Bonchev–Trinajstić information content (AvgIpc) is 2.90. The van der Waals surface area contributed by atoms with E-state index in [1.807, 2.05) is 29.8 Å². The van der Waals surface area contributed by atoms with Crippen LogP contribution in [0.1, 0.15) is 16.8 Å². The number of benzene rings is 1. The molecule has 0 amide bonds. The van der Waals surface area contributed by atoms with E-state index in [9.17, 15) is 5.26 Å². The molecule has 0 atom stereocenters. The predicted octanol–water partition coefficient (Wildman–Crippen LogP) is 3.86. The maximum absolute atomic E-state index is 9.26. The van der Waals surface area contributed by atoms with Crippen LogP contribution in [0.5, 0.6) is 0 Å². The number of rotatable bonds is 2. The fourth-order valence-electron chi connectivity index (χ4n) is 2.94. The van der Waals surface area contributed by atoms with Crippen LogP contribution in [-0.2, 0) is 6.54 Å². The van der Waals surface area contributed by atoms with Crippen LogP contribution >= 0.6 is 11.6 Å². The van der Waals surface area contributed by atoms with Crippen molar-refractivity contribution in [3.05, 3.63) is 64.7 Å². The van der Waals surface area contributed by atoms with Crippen LogP contribution in [0.15, 0.2) is 42.9 Å². The van der Waals surface area contributed by atoms with Gasteiger partial charge < -0.3 is 0 Å². The molecule has 0 radical (unpaired) electrons. The average molecular weight is 334 g/mol. The predicted molar refractivity (Wildman–Crippen MR) is 92.8 cm³/mol. The van der Waals surface area contributed by atoms with E-state index in [1.165, 1.54) is 0 Å². The zero-order valence-electron chi connectivity index (χ0n) is 12.9. The molecular weight excluding hydrogens is 322 g/mol. The highest BCUT2D eigenvalue weighted by Crippen LogP contribution is 2.23. The zero-order chi connectivity index (χ0) is 16.7. The van der Waals surface area contributed by atoms with Crippen molar-refractivity contribution in [1.82, 2.24) is 19.7 Å². The van der Waals surface area contributed by atoms with Crippen molar-refractivity contribution in [3.8, 4) is 6.07 Å². The van der Waals surface area contributed by atoms with Crippen LogP contribution in [0.4, 0.5) is 0 Å². The SMILES string of the molecule is Cc1nn(Cc2ccc3ncc(Cl)cc3c2)c2cncc(C#N)c12. The molecule has 0 aliphatic carbocycles. The Kier molecular flexibility index (Phi) is 3.40. The van der Waals surface area contributed by atoms with Crippen molar-refractivity contribution in [2.45, 2.75) is 13.5 Å². The smallest absolute Gasteiger partial charge is 0.102 e. The van der Waals surface area contributed by atoms with Gasteiger partial charge in [0.15, 0.2) is 0 Å². The van der Waals surface area contributed by atoms with E-state index in [0.29, 0.717) is 17.1 Å². The van der Waals surface area contributed by atoms with Gasteiger partial charge in [-0.2, -0.15) is 10.4 Å². The Morgan fingerprint density at radius 3 is 2.92 bits per heavy atom. The second-order valence-electron chi connectivity index (χ2n) is 5.62. The fourth-order valence-corrected chi connectivity index (χ4v) is 3.11. The minimum atomic E-state index is 0.547. The molecule has 116 valence electrons. The van der Waals surface area contributed by atoms with E-state index >= 15 is 0 Å². The first-order valence-corrected chi connectivity index (χ1v) is 7.79. The summed E-state index contributed by atoms with van der Waals surface area (Å²) >= 11 is 6.03. The van der Waals surface area contributed by atoms with Gasteiger partial charge in [0.2, 0.25) is 0 Å². The molecular formula is C18H12ClN5. The van der Waals surface area contributed by atoms with Gasteiger partial charge in [0.1, 0.15) is 6.07 Å². The van der Waals surface area contributed by atoms with Crippen LogP contribution in [0, 0.1) is 18.3 Å². The highest BCUT2D eigenvalue weighted by Gasteiger charge is 2.12. The maximum atomic E-state index is 9.26. The number of pyridine rings is 2. The van der Waals surface area contributed by atoms with Gasteiger partial charge in [-0.15, -0.1) is 0 Å². The lowest BCUT2D eigenvalue weighted by atomic mass is 10.1. The summed E-state index contributed by atoms with van der Waals surface area (Å²) in [7, 11) is 0. The minimum Gasteiger partial charge on any atom is -0.261 e. The molecule has 24 heavy (non-hydrogen) atoms. The van der Waals surface area contributed by atoms with Crippen molar-refractivity contribution in [1.29, 1.82) is 5.26 Å². The summed E-state index contributed by atoms with van der Waals surface area (Å²) in [4.78, 5) is 8.46. The molecule has 0 saturated carbocycles. The lowest BCUT2D eigenvalue weighted by Crippen LogP contribution is -2.02. The number of hydrogen-bond donors (Lipinski definition) is 0. The minimum absolute atomic E-state index is 0.547. The second-order valence-corrected chi connectivity index (χ2v) is 6.05. The molecule has 0 unspecified atom stereocenters. The topological polar surface area (TPSA) is 67.4 Å². The van der Waals surface area contributed by atoms with Crippen molar-refractivity contribution < 1.29 is 0 Å². The van der Waals surface area contributed by atoms with Gasteiger partial charge >= 0.3 is 0 Å². The summed E-state index contributed by atoms with van der Waals surface area (Å²) in [6.45, 7) is 2.49. The highest BCUT2D eigenvalue weighted by molar-refractivity contribution is 6.31. The van der Waals surface area contributed by atoms with Crippen molar-refractivity contribution in [2.24, 2.45) is 0 Å². The van der Waals surface area contributed by atoms with Crippen molar-refractivity contribution >= 4 is 33.4 Å². The number of hydrogen-bond acceptors (Lipinski definition) is 4. The number of nitriles is 1.